The van der Waals surface area contributed by atoms with Crippen LogP contribution in [0.2, 0.25) is 0 Å². The summed E-state index contributed by atoms with van der Waals surface area (Å²) >= 11 is 1.41. The second-order valence-corrected chi connectivity index (χ2v) is 8.27. The molecular weight excluding hydrogens is 354 g/mol. The molecular formula is C17H19N5O3S. The molecule has 4 heterocycles. The van der Waals surface area contributed by atoms with E-state index in [0.717, 1.165) is 12.8 Å². The molecule has 1 saturated carbocycles. The van der Waals surface area contributed by atoms with Gasteiger partial charge >= 0.3 is 0 Å². The number of hydrogen-bond donors (Lipinski definition) is 0. The molecule has 0 aromatic carbocycles. The first-order chi connectivity index (χ1) is 12.6. The lowest BCUT2D eigenvalue weighted by Crippen LogP contribution is -2.41. The van der Waals surface area contributed by atoms with E-state index in [4.69, 9.17) is 4.52 Å². The summed E-state index contributed by atoms with van der Waals surface area (Å²) in [6, 6.07) is 0. The Bertz CT molecular complexity index is 862. The van der Waals surface area contributed by atoms with Crippen LogP contribution in [0, 0.1) is 18.8 Å². The number of nitrogens with zero attached hydrogens (tertiary/aromatic N) is 5. The number of likely N-dealkylation sites (tertiary alicyclic amines) is 2. The van der Waals surface area contributed by atoms with Gasteiger partial charge in [0, 0.05) is 43.4 Å². The van der Waals surface area contributed by atoms with Gasteiger partial charge in [0.15, 0.2) is 5.82 Å². The number of carbonyl (C=O) groups is 2. The van der Waals surface area contributed by atoms with Crippen LogP contribution in [-0.2, 0) is 10.2 Å². The number of hydrogen-bond acceptors (Lipinski definition) is 7. The van der Waals surface area contributed by atoms with Crippen LogP contribution in [0.5, 0.6) is 0 Å². The maximum atomic E-state index is 12.8. The Kier molecular flexibility index (Phi) is 3.43. The van der Waals surface area contributed by atoms with E-state index in [1.165, 1.54) is 11.3 Å². The Hall–Kier alpha value is -2.29. The maximum Gasteiger partial charge on any atom is 0.273 e. The average Bonchev–Trinajstić information content (AvgIpc) is 2.99. The minimum absolute atomic E-state index is 0.0728. The normalized spacial score (nSPS) is 27.8. The quantitative estimate of drug-likeness (QED) is 0.800. The molecule has 26 heavy (non-hydrogen) atoms. The topological polar surface area (TPSA) is 92.4 Å². The second kappa shape index (κ2) is 5.60. The third-order valence-corrected chi connectivity index (χ3v) is 6.33. The van der Waals surface area contributed by atoms with Crippen LogP contribution in [0.25, 0.3) is 0 Å². The summed E-state index contributed by atoms with van der Waals surface area (Å²) in [4.78, 5) is 37.7. The van der Waals surface area contributed by atoms with Crippen molar-refractivity contribution in [3.63, 3.8) is 0 Å². The third-order valence-electron chi connectivity index (χ3n) is 5.74. The number of thiazole rings is 1. The predicted molar refractivity (Wildman–Crippen MR) is 91.5 cm³/mol. The molecule has 0 spiro atoms. The molecule has 136 valence electrons. The zero-order valence-corrected chi connectivity index (χ0v) is 15.2. The maximum absolute atomic E-state index is 12.8. The fourth-order valence-corrected chi connectivity index (χ4v) is 4.78. The van der Waals surface area contributed by atoms with Gasteiger partial charge in [0.05, 0.1) is 10.9 Å². The summed E-state index contributed by atoms with van der Waals surface area (Å²) in [7, 11) is 0. The highest BCUT2D eigenvalue weighted by Gasteiger charge is 2.59. The van der Waals surface area contributed by atoms with Gasteiger partial charge in [0.25, 0.3) is 5.91 Å². The molecule has 2 aromatic rings. The van der Waals surface area contributed by atoms with E-state index < -0.39 is 5.41 Å². The second-order valence-electron chi connectivity index (χ2n) is 7.55. The SMILES string of the molecule is Cc1noc(C23CN(C(=O)c4cscn4)CC2CN(C(=O)C2CC2)C3)n1. The summed E-state index contributed by atoms with van der Waals surface area (Å²) in [6.45, 7) is 4.01. The van der Waals surface area contributed by atoms with Crippen molar-refractivity contribution in [2.24, 2.45) is 11.8 Å². The molecule has 0 N–H and O–H groups in total. The minimum Gasteiger partial charge on any atom is -0.341 e. The van der Waals surface area contributed by atoms with Crippen molar-refractivity contribution in [3.8, 4) is 0 Å². The molecule has 9 heteroatoms. The highest BCUT2D eigenvalue weighted by atomic mass is 32.1. The molecule has 0 radical (unpaired) electrons. The lowest BCUT2D eigenvalue weighted by molar-refractivity contribution is -0.131. The molecule has 1 aliphatic carbocycles. The van der Waals surface area contributed by atoms with Gasteiger partial charge in [-0.3, -0.25) is 9.59 Å². The first-order valence-electron chi connectivity index (χ1n) is 8.84. The van der Waals surface area contributed by atoms with Gasteiger partial charge < -0.3 is 14.3 Å². The van der Waals surface area contributed by atoms with Crippen molar-refractivity contribution >= 4 is 23.2 Å². The molecule has 0 bridgehead atoms. The Labute approximate surface area is 154 Å². The van der Waals surface area contributed by atoms with Crippen molar-refractivity contribution in [1.29, 1.82) is 0 Å². The molecule has 2 aliphatic heterocycles. The van der Waals surface area contributed by atoms with Crippen LogP contribution in [0.15, 0.2) is 15.4 Å². The zero-order valence-electron chi connectivity index (χ0n) is 14.4. The summed E-state index contributed by atoms with van der Waals surface area (Å²) in [5.41, 5.74) is 1.66. The number of aryl methyl sites for hydroxylation is 1. The molecule has 2 amide bonds. The van der Waals surface area contributed by atoms with Crippen LogP contribution in [0.1, 0.15) is 35.0 Å². The smallest absolute Gasteiger partial charge is 0.273 e. The van der Waals surface area contributed by atoms with E-state index >= 15 is 0 Å². The van der Waals surface area contributed by atoms with Crippen LogP contribution in [-0.4, -0.2) is 62.9 Å². The van der Waals surface area contributed by atoms with Crippen molar-refractivity contribution in [2.75, 3.05) is 26.2 Å². The van der Waals surface area contributed by atoms with E-state index in [-0.39, 0.29) is 23.7 Å². The minimum atomic E-state index is -0.475. The van der Waals surface area contributed by atoms with Gasteiger partial charge in [0.2, 0.25) is 11.8 Å². The Morgan fingerprint density at radius 1 is 1.27 bits per heavy atom. The fraction of sp³-hybridized carbons (Fsp3) is 0.588. The van der Waals surface area contributed by atoms with E-state index in [1.54, 1.807) is 17.8 Å². The fourth-order valence-electron chi connectivity index (χ4n) is 4.26. The molecule has 3 aliphatic rings. The number of carbonyl (C=O) groups excluding carboxylic acids is 2. The van der Waals surface area contributed by atoms with Crippen molar-refractivity contribution < 1.29 is 14.1 Å². The predicted octanol–water partition coefficient (Wildman–Crippen LogP) is 1.10. The van der Waals surface area contributed by atoms with E-state index in [2.05, 4.69) is 15.1 Å². The van der Waals surface area contributed by atoms with Crippen molar-refractivity contribution in [2.45, 2.75) is 25.2 Å². The summed E-state index contributed by atoms with van der Waals surface area (Å²) in [5.74, 6) is 1.56. The number of amides is 2. The van der Waals surface area contributed by atoms with Gasteiger partial charge in [-0.15, -0.1) is 11.3 Å². The molecule has 3 fully saturated rings. The van der Waals surface area contributed by atoms with E-state index in [9.17, 15) is 9.59 Å². The summed E-state index contributed by atoms with van der Waals surface area (Å²) in [5, 5.41) is 5.72. The Morgan fingerprint density at radius 3 is 2.69 bits per heavy atom. The molecule has 2 saturated heterocycles. The van der Waals surface area contributed by atoms with Gasteiger partial charge in [-0.1, -0.05) is 5.16 Å². The lowest BCUT2D eigenvalue weighted by atomic mass is 9.81. The first kappa shape index (κ1) is 15.9. The van der Waals surface area contributed by atoms with Crippen LogP contribution < -0.4 is 0 Å². The molecule has 5 rings (SSSR count). The standard InChI is InChI=1S/C17H19N5O3S/c1-10-19-16(25-20-10)17-7-21(14(23)11-2-3-11)4-12(17)5-22(8-17)15(24)13-6-26-9-18-13/h6,9,11-12H,2-5,7-8H2,1H3. The average molecular weight is 373 g/mol. The molecule has 8 nitrogen and oxygen atoms in total. The highest BCUT2D eigenvalue weighted by Crippen LogP contribution is 2.46. The number of aromatic nitrogens is 3. The van der Waals surface area contributed by atoms with Crippen molar-refractivity contribution in [1.82, 2.24) is 24.9 Å². The van der Waals surface area contributed by atoms with Gasteiger partial charge in [-0.25, -0.2) is 4.98 Å². The molecule has 2 atom stereocenters. The molecule has 2 aromatic heterocycles. The summed E-state index contributed by atoms with van der Waals surface area (Å²) in [6.07, 6.45) is 1.97. The number of rotatable bonds is 3. The van der Waals surface area contributed by atoms with Gasteiger partial charge in [-0.2, -0.15) is 4.98 Å². The number of fused-ring (bicyclic) bond motifs is 1. The Morgan fingerprint density at radius 2 is 2.04 bits per heavy atom. The summed E-state index contributed by atoms with van der Waals surface area (Å²) < 4.78 is 5.53. The third kappa shape index (κ3) is 2.37. The largest absolute Gasteiger partial charge is 0.341 e. The van der Waals surface area contributed by atoms with Crippen molar-refractivity contribution in [3.05, 3.63) is 28.3 Å². The van der Waals surface area contributed by atoms with Crippen LogP contribution in [0.4, 0.5) is 0 Å². The lowest BCUT2D eigenvalue weighted by Gasteiger charge is -2.25. The Balaban J connectivity index is 1.45. The van der Waals surface area contributed by atoms with Crippen LogP contribution >= 0.6 is 11.3 Å². The monoisotopic (exact) mass is 373 g/mol. The van der Waals surface area contributed by atoms with Gasteiger partial charge in [-0.05, 0) is 19.8 Å². The zero-order chi connectivity index (χ0) is 17.9. The highest BCUT2D eigenvalue weighted by molar-refractivity contribution is 7.07. The van der Waals surface area contributed by atoms with E-state index in [0.29, 0.717) is 43.6 Å². The first-order valence-corrected chi connectivity index (χ1v) is 9.78. The van der Waals surface area contributed by atoms with E-state index in [1.807, 2.05) is 9.80 Å². The van der Waals surface area contributed by atoms with Gasteiger partial charge in [0.1, 0.15) is 5.69 Å². The van der Waals surface area contributed by atoms with Crippen LogP contribution in [0.3, 0.4) is 0 Å². The molecule has 2 unspecified atom stereocenters.